The van der Waals surface area contributed by atoms with E-state index in [1.807, 2.05) is 37.3 Å². The van der Waals surface area contributed by atoms with Crippen LogP contribution in [0.1, 0.15) is 38.1 Å². The second-order valence-electron chi connectivity index (χ2n) is 6.37. The molecule has 0 aliphatic carbocycles. The van der Waals surface area contributed by atoms with E-state index in [-0.39, 0.29) is 10.8 Å². The number of hydrogen-bond acceptors (Lipinski definition) is 2. The molecule has 0 bridgehead atoms. The van der Waals surface area contributed by atoms with Gasteiger partial charge in [0.2, 0.25) is 8.32 Å². The Morgan fingerprint density at radius 2 is 1.68 bits per heavy atom. The van der Waals surface area contributed by atoms with Gasteiger partial charge in [-0.15, -0.1) is 0 Å². The summed E-state index contributed by atoms with van der Waals surface area (Å²) in [4.78, 5) is 12.2. The summed E-state index contributed by atoms with van der Waals surface area (Å²) in [6.45, 7) is 12.7. The average Bonchev–Trinajstić information content (AvgIpc) is 2.35. The van der Waals surface area contributed by atoms with E-state index in [2.05, 4.69) is 33.9 Å². The molecule has 0 aromatic heterocycles. The van der Waals surface area contributed by atoms with E-state index in [9.17, 15) is 4.79 Å². The first-order chi connectivity index (χ1) is 8.65. The molecule has 0 atom stereocenters. The summed E-state index contributed by atoms with van der Waals surface area (Å²) >= 11 is 0. The van der Waals surface area contributed by atoms with E-state index < -0.39 is 8.32 Å². The summed E-state index contributed by atoms with van der Waals surface area (Å²) in [6.07, 6.45) is 1.65. The first-order valence-corrected chi connectivity index (χ1v) is 9.50. The highest BCUT2D eigenvalue weighted by Gasteiger charge is 2.38. The molecule has 0 saturated carbocycles. The Morgan fingerprint density at radius 3 is 2.16 bits per heavy atom. The summed E-state index contributed by atoms with van der Waals surface area (Å²) < 4.78 is 5.95. The van der Waals surface area contributed by atoms with Crippen molar-refractivity contribution in [2.75, 3.05) is 0 Å². The maximum absolute atomic E-state index is 12.2. The second kappa shape index (κ2) is 5.74. The summed E-state index contributed by atoms with van der Waals surface area (Å²) in [6, 6.07) is 9.30. The molecule has 0 aliphatic rings. The number of benzene rings is 1. The second-order valence-corrected chi connectivity index (χ2v) is 11.1. The van der Waals surface area contributed by atoms with Crippen molar-refractivity contribution in [2.24, 2.45) is 0 Å². The lowest BCUT2D eigenvalue weighted by atomic mass is 10.1. The lowest BCUT2D eigenvalue weighted by Gasteiger charge is -2.35. The zero-order valence-electron chi connectivity index (χ0n) is 12.8. The molecule has 0 amide bonds. The maximum atomic E-state index is 12.2. The van der Waals surface area contributed by atoms with Crippen molar-refractivity contribution >= 4 is 14.1 Å². The highest BCUT2D eigenvalue weighted by Crippen LogP contribution is 2.36. The van der Waals surface area contributed by atoms with Crippen LogP contribution in [0.25, 0.3) is 0 Å². The van der Waals surface area contributed by atoms with Gasteiger partial charge in [-0.25, -0.2) is 0 Å². The molecule has 0 fully saturated rings. The summed E-state index contributed by atoms with van der Waals surface area (Å²) in [7, 11) is -1.84. The van der Waals surface area contributed by atoms with Crippen LogP contribution in [-0.2, 0) is 4.43 Å². The van der Waals surface area contributed by atoms with Crippen LogP contribution in [0.3, 0.4) is 0 Å². The van der Waals surface area contributed by atoms with Gasteiger partial charge in [-0.05, 0) is 25.1 Å². The number of Topliss-reactive ketones (excluding diaryl/α,β-unsaturated/α-hetero) is 1. The van der Waals surface area contributed by atoms with Crippen molar-refractivity contribution in [1.29, 1.82) is 0 Å². The highest BCUT2D eigenvalue weighted by molar-refractivity contribution is 6.74. The Bertz CT molecular complexity index is 467. The van der Waals surface area contributed by atoms with Gasteiger partial charge < -0.3 is 4.43 Å². The van der Waals surface area contributed by atoms with Gasteiger partial charge >= 0.3 is 0 Å². The molecule has 1 aromatic rings. The Hall–Kier alpha value is -1.35. The van der Waals surface area contributed by atoms with Gasteiger partial charge in [0.05, 0.1) is 6.26 Å². The molecule has 0 saturated heterocycles. The van der Waals surface area contributed by atoms with Gasteiger partial charge in [-0.1, -0.05) is 51.1 Å². The predicted octanol–water partition coefficient (Wildman–Crippen LogP) is 4.79. The molecule has 0 unspecified atom stereocenters. The molecule has 2 nitrogen and oxygen atoms in total. The van der Waals surface area contributed by atoms with Crippen LogP contribution in [-0.4, -0.2) is 14.1 Å². The number of ketones is 1. The smallest absolute Gasteiger partial charge is 0.249 e. The molecule has 0 heterocycles. The summed E-state index contributed by atoms with van der Waals surface area (Å²) in [5.74, 6) is 0.0271. The first-order valence-electron chi connectivity index (χ1n) is 6.59. The van der Waals surface area contributed by atoms with E-state index in [0.29, 0.717) is 11.1 Å². The average molecular weight is 276 g/mol. The third-order valence-corrected chi connectivity index (χ3v) is 8.05. The molecular weight excluding hydrogens is 252 g/mol. The molecule has 1 rings (SSSR count). The molecule has 0 radical (unpaired) electrons. The van der Waals surface area contributed by atoms with E-state index in [0.717, 1.165) is 0 Å². The quantitative estimate of drug-likeness (QED) is 0.342. The zero-order chi connectivity index (χ0) is 14.7. The maximum Gasteiger partial charge on any atom is 0.249 e. The van der Waals surface area contributed by atoms with E-state index in [1.54, 1.807) is 6.26 Å². The Kier molecular flexibility index (Phi) is 4.74. The van der Waals surface area contributed by atoms with Crippen LogP contribution in [0, 0.1) is 0 Å². The molecule has 104 valence electrons. The predicted molar refractivity (Wildman–Crippen MR) is 82.8 cm³/mol. The highest BCUT2D eigenvalue weighted by atomic mass is 28.4. The fourth-order valence-electron chi connectivity index (χ4n) is 1.28. The van der Waals surface area contributed by atoms with Gasteiger partial charge in [0.1, 0.15) is 0 Å². The third kappa shape index (κ3) is 4.06. The van der Waals surface area contributed by atoms with Crippen LogP contribution >= 0.6 is 0 Å². The van der Waals surface area contributed by atoms with Gasteiger partial charge in [-0.3, -0.25) is 4.79 Å². The summed E-state index contributed by atoms with van der Waals surface area (Å²) in [5, 5.41) is 0.138. The van der Waals surface area contributed by atoms with Crippen molar-refractivity contribution in [3.63, 3.8) is 0 Å². The monoisotopic (exact) mass is 276 g/mol. The van der Waals surface area contributed by atoms with Crippen LogP contribution in [0.5, 0.6) is 0 Å². The van der Waals surface area contributed by atoms with Crippen molar-refractivity contribution < 1.29 is 9.22 Å². The topological polar surface area (TPSA) is 26.3 Å². The minimum absolute atomic E-state index is 0.0271. The lowest BCUT2D eigenvalue weighted by molar-refractivity contribution is 0.103. The standard InChI is InChI=1S/C16H24O2Si/c1-13(12-18-19(5,6)16(2,3)4)15(17)14-10-8-7-9-11-14/h7-12H,1-6H3/b13-12+. The fourth-order valence-corrected chi connectivity index (χ4v) is 2.11. The Labute approximate surface area is 117 Å². The van der Waals surface area contributed by atoms with E-state index in [4.69, 9.17) is 4.43 Å². The van der Waals surface area contributed by atoms with Crippen molar-refractivity contribution in [1.82, 2.24) is 0 Å². The molecule has 0 aliphatic heterocycles. The summed E-state index contributed by atoms with van der Waals surface area (Å²) in [5.41, 5.74) is 1.35. The lowest BCUT2D eigenvalue weighted by Crippen LogP contribution is -2.39. The Balaban J connectivity index is 2.82. The van der Waals surface area contributed by atoms with Crippen molar-refractivity contribution in [2.45, 2.75) is 45.8 Å². The number of carbonyl (C=O) groups excluding carboxylic acids is 1. The van der Waals surface area contributed by atoms with Gasteiger partial charge in [0.15, 0.2) is 5.78 Å². The third-order valence-electron chi connectivity index (χ3n) is 3.73. The number of carbonyl (C=O) groups is 1. The minimum Gasteiger partial charge on any atom is -0.549 e. The van der Waals surface area contributed by atoms with E-state index >= 15 is 0 Å². The number of rotatable bonds is 4. The van der Waals surface area contributed by atoms with Crippen LogP contribution in [0.15, 0.2) is 42.2 Å². The van der Waals surface area contributed by atoms with Crippen LogP contribution in [0.4, 0.5) is 0 Å². The SMILES string of the molecule is C/C(=C\O[Si](C)(C)C(C)(C)C)C(=O)c1ccccc1. The number of hydrogen-bond donors (Lipinski definition) is 0. The molecule has 3 heteroatoms. The van der Waals surface area contributed by atoms with Crippen molar-refractivity contribution in [3.8, 4) is 0 Å². The fraction of sp³-hybridized carbons (Fsp3) is 0.438. The normalized spacial score (nSPS) is 13.3. The van der Waals surface area contributed by atoms with E-state index in [1.165, 1.54) is 0 Å². The molecule has 1 aromatic carbocycles. The Morgan fingerprint density at radius 1 is 1.16 bits per heavy atom. The minimum atomic E-state index is -1.84. The van der Waals surface area contributed by atoms with Gasteiger partial charge in [0, 0.05) is 11.1 Å². The molecule has 0 N–H and O–H groups in total. The van der Waals surface area contributed by atoms with Crippen LogP contribution in [0.2, 0.25) is 18.1 Å². The molecule has 0 spiro atoms. The van der Waals surface area contributed by atoms with Gasteiger partial charge in [-0.2, -0.15) is 0 Å². The first kappa shape index (κ1) is 15.7. The zero-order valence-corrected chi connectivity index (χ0v) is 13.8. The van der Waals surface area contributed by atoms with Crippen molar-refractivity contribution in [3.05, 3.63) is 47.7 Å². The molecular formula is C16H24O2Si. The van der Waals surface area contributed by atoms with Crippen LogP contribution < -0.4 is 0 Å². The largest absolute Gasteiger partial charge is 0.549 e. The number of allylic oxidation sites excluding steroid dienone is 1. The molecule has 19 heavy (non-hydrogen) atoms. The van der Waals surface area contributed by atoms with Gasteiger partial charge in [0.25, 0.3) is 0 Å².